The van der Waals surface area contributed by atoms with Gasteiger partial charge in [0.15, 0.2) is 0 Å². The molecule has 3 nitrogen and oxygen atoms in total. The molecule has 0 spiro atoms. The number of carbonyl (C=O) groups is 1. The fourth-order valence-corrected chi connectivity index (χ4v) is 2.48. The third kappa shape index (κ3) is 2.93. The molecule has 18 heavy (non-hydrogen) atoms. The first-order valence-electron chi connectivity index (χ1n) is 5.92. The zero-order valence-corrected chi connectivity index (χ0v) is 12.0. The van der Waals surface area contributed by atoms with Gasteiger partial charge in [-0.1, -0.05) is 11.6 Å². The Labute approximate surface area is 117 Å². The van der Waals surface area contributed by atoms with E-state index in [4.69, 9.17) is 16.3 Å². The van der Waals surface area contributed by atoms with Gasteiger partial charge in [-0.2, -0.15) is 12.6 Å². The number of halogens is 1. The average Bonchev–Trinajstić information content (AvgIpc) is 2.60. The van der Waals surface area contributed by atoms with Crippen molar-refractivity contribution in [1.82, 2.24) is 0 Å². The molecule has 1 amide bonds. The van der Waals surface area contributed by atoms with Crippen LogP contribution in [0.15, 0.2) is 18.2 Å². The highest BCUT2D eigenvalue weighted by atomic mass is 35.5. The maximum Gasteiger partial charge on any atom is 0.228 e. The minimum Gasteiger partial charge on any atom is -0.489 e. The van der Waals surface area contributed by atoms with Crippen LogP contribution in [0.25, 0.3) is 0 Å². The quantitative estimate of drug-likeness (QED) is 0.865. The molecule has 1 aliphatic heterocycles. The molecule has 5 heteroatoms. The van der Waals surface area contributed by atoms with Crippen LogP contribution in [0.1, 0.15) is 20.3 Å². The molecular weight excluding hydrogens is 270 g/mol. The number of nitrogens with zero attached hydrogens (tertiary/aromatic N) is 1. The second-order valence-electron chi connectivity index (χ2n) is 4.64. The number of hydrogen-bond donors (Lipinski definition) is 1. The van der Waals surface area contributed by atoms with Crippen molar-refractivity contribution in [2.45, 2.75) is 31.6 Å². The SMILES string of the molecule is CC(C)Oc1ccc(N2CC(S)CC2=O)cc1Cl. The van der Waals surface area contributed by atoms with Crippen LogP contribution >= 0.6 is 24.2 Å². The summed E-state index contributed by atoms with van der Waals surface area (Å²) < 4.78 is 5.56. The lowest BCUT2D eigenvalue weighted by atomic mass is 10.2. The van der Waals surface area contributed by atoms with Crippen LogP contribution in [0, 0.1) is 0 Å². The van der Waals surface area contributed by atoms with Crippen molar-refractivity contribution in [2.75, 3.05) is 11.4 Å². The number of amides is 1. The maximum atomic E-state index is 11.8. The minimum atomic E-state index is 0.0728. The minimum absolute atomic E-state index is 0.0728. The van der Waals surface area contributed by atoms with Gasteiger partial charge in [0.1, 0.15) is 5.75 Å². The van der Waals surface area contributed by atoms with Crippen LogP contribution in [0.5, 0.6) is 5.75 Å². The first-order chi connectivity index (χ1) is 8.47. The summed E-state index contributed by atoms with van der Waals surface area (Å²) in [6.45, 7) is 4.52. The van der Waals surface area contributed by atoms with Gasteiger partial charge in [-0.3, -0.25) is 4.79 Å². The zero-order chi connectivity index (χ0) is 13.3. The second kappa shape index (κ2) is 5.41. The van der Waals surface area contributed by atoms with Gasteiger partial charge in [-0.15, -0.1) is 0 Å². The van der Waals surface area contributed by atoms with Crippen molar-refractivity contribution >= 4 is 35.8 Å². The largest absolute Gasteiger partial charge is 0.489 e. The summed E-state index contributed by atoms with van der Waals surface area (Å²) in [4.78, 5) is 13.5. The van der Waals surface area contributed by atoms with E-state index in [0.717, 1.165) is 5.69 Å². The molecule has 1 aromatic rings. The molecule has 98 valence electrons. The van der Waals surface area contributed by atoms with E-state index in [2.05, 4.69) is 12.6 Å². The summed E-state index contributed by atoms with van der Waals surface area (Å²) in [6.07, 6.45) is 0.550. The van der Waals surface area contributed by atoms with E-state index in [-0.39, 0.29) is 17.3 Å². The summed E-state index contributed by atoms with van der Waals surface area (Å²) in [5.74, 6) is 0.730. The monoisotopic (exact) mass is 285 g/mol. The van der Waals surface area contributed by atoms with Gasteiger partial charge in [-0.25, -0.2) is 0 Å². The number of carbonyl (C=O) groups excluding carboxylic acids is 1. The molecule has 1 fully saturated rings. The van der Waals surface area contributed by atoms with Gasteiger partial charge in [0.2, 0.25) is 5.91 Å². The van der Waals surface area contributed by atoms with Gasteiger partial charge in [0.05, 0.1) is 11.1 Å². The number of anilines is 1. The Morgan fingerprint density at radius 1 is 1.50 bits per heavy atom. The molecule has 2 rings (SSSR count). The smallest absolute Gasteiger partial charge is 0.228 e. The molecule has 0 aromatic heterocycles. The first-order valence-corrected chi connectivity index (χ1v) is 6.81. The first kappa shape index (κ1) is 13.6. The number of ether oxygens (including phenoxy) is 1. The second-order valence-corrected chi connectivity index (χ2v) is 5.78. The third-order valence-corrected chi connectivity index (χ3v) is 3.34. The Morgan fingerprint density at radius 3 is 2.72 bits per heavy atom. The number of benzene rings is 1. The summed E-state index contributed by atoms with van der Waals surface area (Å²) >= 11 is 10.5. The Kier molecular flexibility index (Phi) is 4.07. The van der Waals surface area contributed by atoms with Crippen LogP contribution in [-0.2, 0) is 4.79 Å². The summed E-state index contributed by atoms with van der Waals surface area (Å²) in [5, 5.41) is 0.625. The van der Waals surface area contributed by atoms with Crippen molar-refractivity contribution in [3.8, 4) is 5.75 Å². The number of thiol groups is 1. The van der Waals surface area contributed by atoms with Crippen molar-refractivity contribution in [3.63, 3.8) is 0 Å². The fourth-order valence-electron chi connectivity index (χ4n) is 1.95. The molecule has 0 N–H and O–H groups in total. The average molecular weight is 286 g/mol. The van der Waals surface area contributed by atoms with Gasteiger partial charge < -0.3 is 9.64 Å². The predicted molar refractivity (Wildman–Crippen MR) is 77.0 cm³/mol. The molecule has 0 radical (unpaired) electrons. The highest BCUT2D eigenvalue weighted by Crippen LogP contribution is 2.32. The maximum absolute atomic E-state index is 11.8. The van der Waals surface area contributed by atoms with Crippen LogP contribution in [0.4, 0.5) is 5.69 Å². The molecule has 1 aromatic carbocycles. The van der Waals surface area contributed by atoms with E-state index in [1.807, 2.05) is 19.9 Å². The lowest BCUT2D eigenvalue weighted by Crippen LogP contribution is -2.24. The predicted octanol–water partition coefficient (Wildman–Crippen LogP) is 3.16. The van der Waals surface area contributed by atoms with Crippen molar-refractivity contribution in [2.24, 2.45) is 0 Å². The van der Waals surface area contributed by atoms with E-state index in [1.54, 1.807) is 17.0 Å². The molecule has 1 atom stereocenters. The Bertz CT molecular complexity index is 464. The molecule has 0 aliphatic carbocycles. The highest BCUT2D eigenvalue weighted by molar-refractivity contribution is 7.81. The Balaban J connectivity index is 2.21. The molecular formula is C13H16ClNO2S. The Hall–Kier alpha value is -0.870. The van der Waals surface area contributed by atoms with Crippen molar-refractivity contribution < 1.29 is 9.53 Å². The molecule has 1 aliphatic rings. The number of hydrogen-bond acceptors (Lipinski definition) is 3. The van der Waals surface area contributed by atoms with Gasteiger partial charge in [0.25, 0.3) is 0 Å². The number of rotatable bonds is 3. The van der Waals surface area contributed by atoms with Crippen LogP contribution in [0.2, 0.25) is 5.02 Å². The van der Waals surface area contributed by atoms with Crippen LogP contribution < -0.4 is 9.64 Å². The standard InChI is InChI=1S/C13H16ClNO2S/c1-8(2)17-12-4-3-9(5-11(12)14)15-7-10(18)6-13(15)16/h3-5,8,10,18H,6-7H2,1-2H3. The van der Waals surface area contributed by atoms with Gasteiger partial charge in [0, 0.05) is 23.9 Å². The van der Waals surface area contributed by atoms with Crippen molar-refractivity contribution in [1.29, 1.82) is 0 Å². The lowest BCUT2D eigenvalue weighted by Gasteiger charge is -2.18. The van der Waals surface area contributed by atoms with Crippen LogP contribution in [-0.4, -0.2) is 23.8 Å². The van der Waals surface area contributed by atoms with E-state index >= 15 is 0 Å². The van der Waals surface area contributed by atoms with E-state index in [0.29, 0.717) is 23.7 Å². The van der Waals surface area contributed by atoms with E-state index in [1.165, 1.54) is 0 Å². The topological polar surface area (TPSA) is 29.5 Å². The lowest BCUT2D eigenvalue weighted by molar-refractivity contribution is -0.117. The molecule has 1 heterocycles. The molecule has 1 unspecified atom stereocenters. The molecule has 0 saturated carbocycles. The van der Waals surface area contributed by atoms with E-state index < -0.39 is 0 Å². The van der Waals surface area contributed by atoms with Crippen LogP contribution in [0.3, 0.4) is 0 Å². The van der Waals surface area contributed by atoms with Gasteiger partial charge >= 0.3 is 0 Å². The molecule has 1 saturated heterocycles. The summed E-state index contributed by atoms with van der Waals surface area (Å²) in [7, 11) is 0. The molecule has 0 bridgehead atoms. The fraction of sp³-hybridized carbons (Fsp3) is 0.462. The van der Waals surface area contributed by atoms with E-state index in [9.17, 15) is 4.79 Å². The van der Waals surface area contributed by atoms with Crippen molar-refractivity contribution in [3.05, 3.63) is 23.2 Å². The Morgan fingerprint density at radius 2 is 2.22 bits per heavy atom. The third-order valence-electron chi connectivity index (χ3n) is 2.69. The summed E-state index contributed by atoms with van der Waals surface area (Å²) in [5.41, 5.74) is 0.803. The zero-order valence-electron chi connectivity index (χ0n) is 10.4. The summed E-state index contributed by atoms with van der Waals surface area (Å²) in [6, 6.07) is 5.42. The van der Waals surface area contributed by atoms with Gasteiger partial charge in [-0.05, 0) is 32.0 Å². The highest BCUT2D eigenvalue weighted by Gasteiger charge is 2.28. The normalized spacial score (nSPS) is 19.7.